The Bertz CT molecular complexity index is 655. The van der Waals surface area contributed by atoms with E-state index in [9.17, 15) is 4.79 Å². The van der Waals surface area contributed by atoms with Gasteiger partial charge in [-0.15, -0.1) is 24.0 Å². The maximum atomic E-state index is 12.0. The van der Waals surface area contributed by atoms with Gasteiger partial charge in [-0.1, -0.05) is 18.2 Å². The molecule has 0 aromatic heterocycles. The lowest BCUT2D eigenvalue weighted by Gasteiger charge is -2.29. The number of likely N-dealkylation sites (N-methyl/N-ethyl adjacent to an activating group) is 1. The summed E-state index contributed by atoms with van der Waals surface area (Å²) in [7, 11) is 2.11. The minimum absolute atomic E-state index is 0. The number of nitrogens with zero attached hydrogens (tertiary/aromatic N) is 2. The number of nitrogens with one attached hydrogen (secondary N) is 3. The van der Waals surface area contributed by atoms with E-state index in [0.29, 0.717) is 19.5 Å². The van der Waals surface area contributed by atoms with Crippen LogP contribution < -0.4 is 16.0 Å². The number of morpholine rings is 1. The number of para-hydroxylation sites is 1. The van der Waals surface area contributed by atoms with E-state index >= 15 is 0 Å². The van der Waals surface area contributed by atoms with Gasteiger partial charge >= 0.3 is 0 Å². The van der Waals surface area contributed by atoms with Crippen molar-refractivity contribution < 1.29 is 9.53 Å². The molecule has 8 heteroatoms. The molecule has 0 radical (unpaired) electrons. The summed E-state index contributed by atoms with van der Waals surface area (Å²) in [6, 6.07) is 7.99. The molecule has 7 nitrogen and oxygen atoms in total. The van der Waals surface area contributed by atoms with Crippen molar-refractivity contribution in [3.63, 3.8) is 0 Å². The number of amides is 1. The number of carbonyl (C=O) groups is 1. The van der Waals surface area contributed by atoms with E-state index in [1.54, 1.807) is 0 Å². The fourth-order valence-electron chi connectivity index (χ4n) is 3.42. The van der Waals surface area contributed by atoms with Gasteiger partial charge in [0, 0.05) is 44.2 Å². The maximum absolute atomic E-state index is 12.0. The Morgan fingerprint density at radius 3 is 2.96 bits per heavy atom. The molecule has 3 rings (SSSR count). The highest BCUT2D eigenvalue weighted by atomic mass is 127. The van der Waals surface area contributed by atoms with Crippen molar-refractivity contribution in [1.82, 2.24) is 15.5 Å². The van der Waals surface area contributed by atoms with Gasteiger partial charge in [-0.25, -0.2) is 0 Å². The lowest BCUT2D eigenvalue weighted by molar-refractivity contribution is -0.116. The fourth-order valence-corrected chi connectivity index (χ4v) is 3.42. The van der Waals surface area contributed by atoms with E-state index < -0.39 is 0 Å². The molecular formula is C19H30IN5O2. The smallest absolute Gasteiger partial charge is 0.225 e. The zero-order valence-corrected chi connectivity index (χ0v) is 18.4. The quantitative estimate of drug-likeness (QED) is 0.334. The maximum Gasteiger partial charge on any atom is 0.225 e. The van der Waals surface area contributed by atoms with Gasteiger partial charge in [-0.2, -0.15) is 0 Å². The molecule has 0 spiro atoms. The molecule has 1 aromatic rings. The Morgan fingerprint density at radius 2 is 2.19 bits per heavy atom. The Hall–Kier alpha value is -1.39. The van der Waals surface area contributed by atoms with Gasteiger partial charge in [0.1, 0.15) is 0 Å². The summed E-state index contributed by atoms with van der Waals surface area (Å²) < 4.78 is 5.77. The van der Waals surface area contributed by atoms with E-state index in [4.69, 9.17) is 4.74 Å². The van der Waals surface area contributed by atoms with Crippen LogP contribution in [0.5, 0.6) is 0 Å². The first-order valence-corrected chi connectivity index (χ1v) is 9.36. The van der Waals surface area contributed by atoms with Crippen LogP contribution in [0.25, 0.3) is 0 Å². The van der Waals surface area contributed by atoms with E-state index in [1.807, 2.05) is 25.1 Å². The zero-order valence-electron chi connectivity index (χ0n) is 16.0. The summed E-state index contributed by atoms with van der Waals surface area (Å²) in [6.45, 7) is 6.77. The predicted molar refractivity (Wildman–Crippen MR) is 119 cm³/mol. The van der Waals surface area contributed by atoms with Gasteiger partial charge in [0.15, 0.2) is 5.96 Å². The van der Waals surface area contributed by atoms with Crippen LogP contribution in [0.1, 0.15) is 24.8 Å². The highest BCUT2D eigenvalue weighted by Crippen LogP contribution is 2.31. The number of fused-ring (bicyclic) bond motifs is 1. The highest BCUT2D eigenvalue weighted by molar-refractivity contribution is 14.0. The van der Waals surface area contributed by atoms with Gasteiger partial charge in [0.25, 0.3) is 0 Å². The first-order valence-electron chi connectivity index (χ1n) is 9.36. The second kappa shape index (κ2) is 10.8. The van der Waals surface area contributed by atoms with Crippen LogP contribution in [0, 0.1) is 0 Å². The third kappa shape index (κ3) is 6.32. The summed E-state index contributed by atoms with van der Waals surface area (Å²) in [6.07, 6.45) is 0.616. The topological polar surface area (TPSA) is 78.0 Å². The molecular weight excluding hydrogens is 457 g/mol. The summed E-state index contributed by atoms with van der Waals surface area (Å²) in [5.41, 5.74) is 2.09. The van der Waals surface area contributed by atoms with Crippen molar-refractivity contribution >= 4 is 41.5 Å². The third-order valence-corrected chi connectivity index (χ3v) is 4.76. The summed E-state index contributed by atoms with van der Waals surface area (Å²) in [4.78, 5) is 18.9. The second-order valence-corrected chi connectivity index (χ2v) is 6.89. The van der Waals surface area contributed by atoms with Crippen LogP contribution in [0.3, 0.4) is 0 Å². The fraction of sp³-hybridized carbons (Fsp3) is 0.579. The Kier molecular flexibility index (Phi) is 8.78. The average Bonchev–Trinajstić information content (AvgIpc) is 2.63. The second-order valence-electron chi connectivity index (χ2n) is 6.89. The Labute approximate surface area is 178 Å². The standard InChI is InChI=1S/C19H29N5O2.HI/c1-3-20-19(22-12-15-13-24(2)8-9-26-15)21-11-14-10-18(25)23-17-7-5-4-6-16(14)17;/h4-7,14-15H,3,8-13H2,1-2H3,(H,23,25)(H2,20,21,22);1H. The van der Waals surface area contributed by atoms with E-state index in [2.05, 4.69) is 39.0 Å². The predicted octanol–water partition coefficient (Wildman–Crippen LogP) is 1.62. The van der Waals surface area contributed by atoms with Crippen LogP contribution in [0.4, 0.5) is 5.69 Å². The molecule has 2 aliphatic heterocycles. The van der Waals surface area contributed by atoms with E-state index in [-0.39, 0.29) is 41.9 Å². The number of benzene rings is 1. The molecule has 150 valence electrons. The first-order chi connectivity index (χ1) is 12.7. The molecule has 0 bridgehead atoms. The molecule has 1 saturated heterocycles. The monoisotopic (exact) mass is 487 g/mol. The van der Waals surface area contributed by atoms with Gasteiger partial charge in [-0.3, -0.25) is 9.79 Å². The molecule has 2 unspecified atom stereocenters. The minimum atomic E-state index is 0. The van der Waals surface area contributed by atoms with Crippen molar-refractivity contribution in [1.29, 1.82) is 0 Å². The number of rotatable bonds is 5. The molecule has 0 saturated carbocycles. The van der Waals surface area contributed by atoms with Crippen molar-refractivity contribution in [2.45, 2.75) is 25.4 Å². The van der Waals surface area contributed by atoms with Gasteiger partial charge in [-0.05, 0) is 25.6 Å². The van der Waals surface area contributed by atoms with Crippen molar-refractivity contribution in [3.8, 4) is 0 Å². The average molecular weight is 487 g/mol. The summed E-state index contributed by atoms with van der Waals surface area (Å²) in [5.74, 6) is 0.977. The molecule has 1 fully saturated rings. The third-order valence-electron chi connectivity index (χ3n) is 4.76. The van der Waals surface area contributed by atoms with Crippen LogP contribution in [0.15, 0.2) is 29.3 Å². The van der Waals surface area contributed by atoms with Crippen LogP contribution in [0.2, 0.25) is 0 Å². The summed E-state index contributed by atoms with van der Waals surface area (Å²) in [5, 5.41) is 9.61. The molecule has 1 aromatic carbocycles. The van der Waals surface area contributed by atoms with Crippen molar-refractivity contribution in [3.05, 3.63) is 29.8 Å². The molecule has 2 heterocycles. The lowest BCUT2D eigenvalue weighted by Crippen LogP contribution is -2.44. The molecule has 3 N–H and O–H groups in total. The number of aliphatic imine (C=N–C) groups is 1. The Balaban J connectivity index is 0.00000261. The molecule has 1 amide bonds. The van der Waals surface area contributed by atoms with E-state index in [0.717, 1.165) is 37.9 Å². The van der Waals surface area contributed by atoms with Gasteiger partial charge < -0.3 is 25.6 Å². The molecule has 2 atom stereocenters. The van der Waals surface area contributed by atoms with Gasteiger partial charge in [0.2, 0.25) is 5.91 Å². The number of ether oxygens (including phenoxy) is 1. The Morgan fingerprint density at radius 1 is 1.37 bits per heavy atom. The number of anilines is 1. The van der Waals surface area contributed by atoms with Gasteiger partial charge in [0.05, 0.1) is 19.3 Å². The number of carbonyl (C=O) groups excluding carboxylic acids is 1. The van der Waals surface area contributed by atoms with Crippen molar-refractivity contribution in [2.75, 3.05) is 51.7 Å². The number of halogens is 1. The first kappa shape index (κ1) is 21.9. The zero-order chi connectivity index (χ0) is 18.4. The number of hydrogen-bond donors (Lipinski definition) is 3. The molecule has 2 aliphatic rings. The SMILES string of the molecule is CCNC(=NCC1CN(C)CCO1)NCC1CC(=O)Nc2ccccc21.I. The van der Waals surface area contributed by atoms with Crippen LogP contribution in [-0.4, -0.2) is 69.2 Å². The highest BCUT2D eigenvalue weighted by Gasteiger charge is 2.25. The minimum Gasteiger partial charge on any atom is -0.374 e. The van der Waals surface area contributed by atoms with Crippen LogP contribution in [-0.2, 0) is 9.53 Å². The summed E-state index contributed by atoms with van der Waals surface area (Å²) >= 11 is 0. The number of hydrogen-bond acceptors (Lipinski definition) is 4. The number of guanidine groups is 1. The van der Waals surface area contributed by atoms with E-state index in [1.165, 1.54) is 5.56 Å². The lowest BCUT2D eigenvalue weighted by atomic mass is 9.90. The van der Waals surface area contributed by atoms with Crippen LogP contribution >= 0.6 is 24.0 Å². The molecule has 0 aliphatic carbocycles. The van der Waals surface area contributed by atoms with Crippen molar-refractivity contribution in [2.24, 2.45) is 4.99 Å². The largest absolute Gasteiger partial charge is 0.374 e. The molecule has 27 heavy (non-hydrogen) atoms. The normalized spacial score (nSPS) is 23.0.